The Balaban J connectivity index is 1.83. The summed E-state index contributed by atoms with van der Waals surface area (Å²) < 4.78 is 0. The van der Waals surface area contributed by atoms with E-state index in [1.807, 2.05) is 24.3 Å². The molecule has 2 rings (SSSR count). The Kier molecular flexibility index (Phi) is 4.44. The monoisotopic (exact) mass is 256 g/mol. The van der Waals surface area contributed by atoms with Crippen LogP contribution in [0.25, 0.3) is 0 Å². The third kappa shape index (κ3) is 4.06. The first kappa shape index (κ1) is 13.0. The molecular weight excluding hydrogens is 240 g/mol. The second-order valence-electron chi connectivity index (χ2n) is 4.09. The van der Waals surface area contributed by atoms with E-state index in [-0.39, 0.29) is 5.91 Å². The molecule has 19 heavy (non-hydrogen) atoms. The van der Waals surface area contributed by atoms with Crippen LogP contribution in [0.1, 0.15) is 12.0 Å². The first-order valence-electron chi connectivity index (χ1n) is 6.10. The fourth-order valence-electron chi connectivity index (χ4n) is 1.65. The third-order valence-corrected chi connectivity index (χ3v) is 2.69. The smallest absolute Gasteiger partial charge is 0.224 e. The van der Waals surface area contributed by atoms with E-state index in [0.717, 1.165) is 11.4 Å². The van der Waals surface area contributed by atoms with Crippen molar-refractivity contribution in [2.24, 2.45) is 0 Å². The van der Waals surface area contributed by atoms with Crippen LogP contribution in [0.3, 0.4) is 0 Å². The highest BCUT2D eigenvalue weighted by molar-refractivity contribution is 5.90. The van der Waals surface area contributed by atoms with E-state index in [0.29, 0.717) is 18.5 Å². The summed E-state index contributed by atoms with van der Waals surface area (Å²) in [7, 11) is 1.80. The topological polar surface area (TPSA) is 66.9 Å². The van der Waals surface area contributed by atoms with Gasteiger partial charge in [-0.05, 0) is 36.2 Å². The highest BCUT2D eigenvalue weighted by Crippen LogP contribution is 2.10. The number of pyridine rings is 2. The second-order valence-corrected chi connectivity index (χ2v) is 4.09. The lowest BCUT2D eigenvalue weighted by molar-refractivity contribution is -0.116. The van der Waals surface area contributed by atoms with Crippen molar-refractivity contribution >= 4 is 17.4 Å². The van der Waals surface area contributed by atoms with Gasteiger partial charge in [-0.15, -0.1) is 0 Å². The molecule has 5 heteroatoms. The molecule has 0 aliphatic carbocycles. The lowest BCUT2D eigenvalue weighted by Crippen LogP contribution is -2.12. The summed E-state index contributed by atoms with van der Waals surface area (Å²) in [6.07, 6.45) is 6.24. The number of nitrogens with zero attached hydrogens (tertiary/aromatic N) is 2. The van der Waals surface area contributed by atoms with Gasteiger partial charge in [0.15, 0.2) is 0 Å². The van der Waals surface area contributed by atoms with Gasteiger partial charge in [0, 0.05) is 25.9 Å². The number of aryl methyl sites for hydroxylation is 1. The predicted molar refractivity (Wildman–Crippen MR) is 75.0 cm³/mol. The van der Waals surface area contributed by atoms with E-state index in [1.165, 1.54) is 0 Å². The Morgan fingerprint density at radius 3 is 2.63 bits per heavy atom. The van der Waals surface area contributed by atoms with Crippen LogP contribution in [0.5, 0.6) is 0 Å². The van der Waals surface area contributed by atoms with Crippen molar-refractivity contribution in [3.05, 3.63) is 48.4 Å². The van der Waals surface area contributed by atoms with Gasteiger partial charge in [-0.3, -0.25) is 9.78 Å². The average molecular weight is 256 g/mol. The van der Waals surface area contributed by atoms with Crippen LogP contribution in [0.15, 0.2) is 42.9 Å². The van der Waals surface area contributed by atoms with Gasteiger partial charge in [-0.2, -0.15) is 0 Å². The molecule has 2 N–H and O–H groups in total. The number of amides is 1. The molecule has 0 saturated heterocycles. The molecule has 0 radical (unpaired) electrons. The number of anilines is 2. The number of nitrogens with one attached hydrogen (secondary N) is 2. The number of rotatable bonds is 5. The lowest BCUT2D eigenvalue weighted by Gasteiger charge is -2.06. The molecule has 0 aliphatic heterocycles. The summed E-state index contributed by atoms with van der Waals surface area (Å²) in [4.78, 5) is 19.8. The van der Waals surface area contributed by atoms with Crippen molar-refractivity contribution in [1.82, 2.24) is 9.97 Å². The SMILES string of the molecule is CNc1ccc(NC(=O)CCc2ccncc2)cn1. The van der Waals surface area contributed by atoms with Gasteiger partial charge in [-0.25, -0.2) is 4.98 Å². The molecule has 0 fully saturated rings. The summed E-state index contributed by atoms with van der Waals surface area (Å²) in [6, 6.07) is 7.47. The number of aromatic nitrogens is 2. The largest absolute Gasteiger partial charge is 0.373 e. The Labute approximate surface area is 112 Å². The normalized spacial score (nSPS) is 9.95. The lowest BCUT2D eigenvalue weighted by atomic mass is 10.1. The highest BCUT2D eigenvalue weighted by Gasteiger charge is 2.03. The van der Waals surface area contributed by atoms with Gasteiger partial charge >= 0.3 is 0 Å². The van der Waals surface area contributed by atoms with Crippen molar-refractivity contribution in [3.63, 3.8) is 0 Å². The maximum absolute atomic E-state index is 11.8. The van der Waals surface area contributed by atoms with E-state index < -0.39 is 0 Å². The maximum atomic E-state index is 11.8. The molecule has 0 bridgehead atoms. The van der Waals surface area contributed by atoms with E-state index in [4.69, 9.17) is 0 Å². The Hall–Kier alpha value is -2.43. The van der Waals surface area contributed by atoms with Crippen LogP contribution in [0.2, 0.25) is 0 Å². The summed E-state index contributed by atoms with van der Waals surface area (Å²) in [6.45, 7) is 0. The van der Waals surface area contributed by atoms with Gasteiger partial charge in [0.25, 0.3) is 0 Å². The number of hydrogen-bond donors (Lipinski definition) is 2. The van der Waals surface area contributed by atoms with Crippen LogP contribution >= 0.6 is 0 Å². The number of hydrogen-bond acceptors (Lipinski definition) is 4. The zero-order valence-electron chi connectivity index (χ0n) is 10.8. The number of carbonyl (C=O) groups excluding carboxylic acids is 1. The number of carbonyl (C=O) groups is 1. The molecule has 5 nitrogen and oxygen atoms in total. The van der Waals surface area contributed by atoms with Gasteiger partial charge in [0.1, 0.15) is 5.82 Å². The summed E-state index contributed by atoms with van der Waals surface area (Å²) in [5.41, 5.74) is 1.81. The summed E-state index contributed by atoms with van der Waals surface area (Å²) in [5.74, 6) is 0.755. The molecule has 0 atom stereocenters. The fraction of sp³-hybridized carbons (Fsp3) is 0.214. The van der Waals surface area contributed by atoms with Crippen LogP contribution in [-0.2, 0) is 11.2 Å². The average Bonchev–Trinajstić information content (AvgIpc) is 2.47. The van der Waals surface area contributed by atoms with Gasteiger partial charge in [0.05, 0.1) is 11.9 Å². The van der Waals surface area contributed by atoms with Crippen LogP contribution in [0.4, 0.5) is 11.5 Å². The minimum Gasteiger partial charge on any atom is -0.373 e. The van der Waals surface area contributed by atoms with Crippen molar-refractivity contribution in [2.45, 2.75) is 12.8 Å². The van der Waals surface area contributed by atoms with Crippen molar-refractivity contribution in [3.8, 4) is 0 Å². The Bertz CT molecular complexity index is 525. The maximum Gasteiger partial charge on any atom is 0.224 e. The molecule has 0 saturated carbocycles. The van der Waals surface area contributed by atoms with Gasteiger partial charge in [0.2, 0.25) is 5.91 Å². The Morgan fingerprint density at radius 2 is 2.00 bits per heavy atom. The minimum absolute atomic E-state index is 0.0178. The minimum atomic E-state index is -0.0178. The van der Waals surface area contributed by atoms with Crippen molar-refractivity contribution in [2.75, 3.05) is 17.7 Å². The summed E-state index contributed by atoms with van der Waals surface area (Å²) in [5, 5.41) is 5.74. The highest BCUT2D eigenvalue weighted by atomic mass is 16.1. The molecule has 0 aromatic carbocycles. The van der Waals surface area contributed by atoms with Gasteiger partial charge in [-0.1, -0.05) is 0 Å². The van der Waals surface area contributed by atoms with E-state index in [1.54, 1.807) is 25.6 Å². The molecule has 2 aromatic heterocycles. The molecule has 98 valence electrons. The molecule has 1 amide bonds. The molecule has 0 spiro atoms. The third-order valence-electron chi connectivity index (χ3n) is 2.69. The zero-order chi connectivity index (χ0) is 13.5. The summed E-state index contributed by atoms with van der Waals surface area (Å²) >= 11 is 0. The first-order valence-corrected chi connectivity index (χ1v) is 6.10. The molecule has 2 aromatic rings. The first-order chi connectivity index (χ1) is 9.28. The van der Waals surface area contributed by atoms with Gasteiger partial charge < -0.3 is 10.6 Å². The molecular formula is C14H16N4O. The van der Waals surface area contributed by atoms with E-state index in [2.05, 4.69) is 20.6 Å². The standard InChI is InChI=1S/C14H16N4O/c1-15-13-4-3-12(10-17-13)18-14(19)5-2-11-6-8-16-9-7-11/h3-4,6-10H,2,5H2,1H3,(H,15,17)(H,18,19). The molecule has 0 aliphatic rings. The van der Waals surface area contributed by atoms with Crippen molar-refractivity contribution < 1.29 is 4.79 Å². The Morgan fingerprint density at radius 1 is 1.21 bits per heavy atom. The van der Waals surface area contributed by atoms with Crippen LogP contribution < -0.4 is 10.6 Å². The van der Waals surface area contributed by atoms with Crippen molar-refractivity contribution in [1.29, 1.82) is 0 Å². The van der Waals surface area contributed by atoms with Crippen LogP contribution in [0, 0.1) is 0 Å². The zero-order valence-corrected chi connectivity index (χ0v) is 10.8. The van der Waals surface area contributed by atoms with E-state index >= 15 is 0 Å². The second kappa shape index (κ2) is 6.49. The van der Waals surface area contributed by atoms with E-state index in [9.17, 15) is 4.79 Å². The molecule has 2 heterocycles. The fourth-order valence-corrected chi connectivity index (χ4v) is 1.65. The molecule has 0 unspecified atom stereocenters. The quantitative estimate of drug-likeness (QED) is 0.859. The predicted octanol–water partition coefficient (Wildman–Crippen LogP) is 2.09. The van der Waals surface area contributed by atoms with Crippen LogP contribution in [-0.4, -0.2) is 22.9 Å².